The van der Waals surface area contributed by atoms with Crippen LogP contribution in [-0.2, 0) is 32.2 Å². The molecule has 38 heavy (non-hydrogen) atoms. The van der Waals surface area contributed by atoms with Crippen molar-refractivity contribution >= 4 is 10.9 Å². The Labute approximate surface area is 217 Å². The van der Waals surface area contributed by atoms with E-state index in [1.807, 2.05) is 30.3 Å². The van der Waals surface area contributed by atoms with Crippen LogP contribution in [0.3, 0.4) is 0 Å². The first kappa shape index (κ1) is 24.2. The summed E-state index contributed by atoms with van der Waals surface area (Å²) >= 11 is 0. The summed E-state index contributed by atoms with van der Waals surface area (Å²) in [6.07, 6.45) is -1.65. The number of fused-ring (bicyclic) bond motifs is 2. The van der Waals surface area contributed by atoms with Crippen LogP contribution in [0.1, 0.15) is 27.9 Å². The lowest BCUT2D eigenvalue weighted by Crippen LogP contribution is -2.35. The molecule has 5 aromatic rings. The number of hydrogen-bond acceptors (Lipinski definition) is 3. The Balaban J connectivity index is 1.26. The van der Waals surface area contributed by atoms with Gasteiger partial charge in [-0.25, -0.2) is 4.98 Å². The van der Waals surface area contributed by atoms with Crippen LogP contribution >= 0.6 is 0 Å². The van der Waals surface area contributed by atoms with Gasteiger partial charge >= 0.3 is 6.18 Å². The summed E-state index contributed by atoms with van der Waals surface area (Å²) in [5.41, 5.74) is 4.38. The van der Waals surface area contributed by atoms with Gasteiger partial charge in [-0.05, 0) is 35.7 Å². The summed E-state index contributed by atoms with van der Waals surface area (Å²) in [6, 6.07) is 23.4. The van der Waals surface area contributed by atoms with Gasteiger partial charge in [0.25, 0.3) is 5.56 Å². The zero-order valence-corrected chi connectivity index (χ0v) is 20.5. The zero-order chi connectivity index (χ0) is 26.3. The van der Waals surface area contributed by atoms with E-state index in [0.29, 0.717) is 36.3 Å². The minimum absolute atomic E-state index is 0.232. The maximum absolute atomic E-state index is 13.0. The molecule has 8 heteroatoms. The number of hydrogen-bond donors (Lipinski definition) is 1. The molecule has 0 aliphatic carbocycles. The maximum atomic E-state index is 13.0. The van der Waals surface area contributed by atoms with Crippen molar-refractivity contribution in [1.29, 1.82) is 0 Å². The molecule has 0 atom stereocenters. The Kier molecular flexibility index (Phi) is 6.12. The van der Waals surface area contributed by atoms with Gasteiger partial charge in [0, 0.05) is 54.4 Å². The van der Waals surface area contributed by atoms with Crippen molar-refractivity contribution in [3.05, 3.63) is 123 Å². The lowest BCUT2D eigenvalue weighted by atomic mass is 10.0. The molecule has 0 spiro atoms. The Morgan fingerprint density at radius 3 is 2.39 bits per heavy atom. The van der Waals surface area contributed by atoms with Gasteiger partial charge in [0.15, 0.2) is 0 Å². The molecule has 0 radical (unpaired) electrons. The van der Waals surface area contributed by atoms with E-state index in [-0.39, 0.29) is 11.4 Å². The molecule has 3 aromatic carbocycles. The fraction of sp³-hybridized carbons (Fsp3) is 0.200. The van der Waals surface area contributed by atoms with Gasteiger partial charge in [0.1, 0.15) is 5.82 Å². The Hall–Kier alpha value is -4.17. The van der Waals surface area contributed by atoms with Crippen LogP contribution in [-0.4, -0.2) is 26.0 Å². The van der Waals surface area contributed by atoms with Gasteiger partial charge in [-0.3, -0.25) is 9.69 Å². The number of H-pyrrole nitrogens is 1. The van der Waals surface area contributed by atoms with E-state index >= 15 is 0 Å². The van der Waals surface area contributed by atoms with Crippen molar-refractivity contribution in [3.8, 4) is 11.4 Å². The Morgan fingerprint density at radius 2 is 1.63 bits per heavy atom. The number of nitrogens with zero attached hydrogens (tertiary/aromatic N) is 3. The highest BCUT2D eigenvalue weighted by Crippen LogP contribution is 2.31. The zero-order valence-electron chi connectivity index (χ0n) is 20.5. The van der Waals surface area contributed by atoms with Gasteiger partial charge < -0.3 is 9.55 Å². The molecule has 3 heterocycles. The van der Waals surface area contributed by atoms with Gasteiger partial charge in [-0.1, -0.05) is 60.7 Å². The van der Waals surface area contributed by atoms with E-state index in [9.17, 15) is 18.0 Å². The molecule has 1 aliphatic heterocycles. The van der Waals surface area contributed by atoms with E-state index in [2.05, 4.69) is 49.9 Å². The minimum Gasteiger partial charge on any atom is -0.343 e. The molecule has 6 rings (SSSR count). The van der Waals surface area contributed by atoms with Crippen molar-refractivity contribution in [2.75, 3.05) is 6.54 Å². The second kappa shape index (κ2) is 9.61. The van der Waals surface area contributed by atoms with E-state index in [1.54, 1.807) is 0 Å². The summed E-state index contributed by atoms with van der Waals surface area (Å²) in [5.74, 6) is 0.281. The number of aromatic nitrogens is 3. The lowest BCUT2D eigenvalue weighted by Gasteiger charge is -2.27. The number of nitrogens with one attached hydrogen (secondary N) is 1. The third-order valence-corrected chi connectivity index (χ3v) is 7.10. The quantitative estimate of drug-likeness (QED) is 0.312. The van der Waals surface area contributed by atoms with Crippen LogP contribution in [0.2, 0.25) is 0 Å². The van der Waals surface area contributed by atoms with Crippen LogP contribution in [0.4, 0.5) is 13.2 Å². The third kappa shape index (κ3) is 4.75. The maximum Gasteiger partial charge on any atom is 0.416 e. The number of benzene rings is 3. The lowest BCUT2D eigenvalue weighted by molar-refractivity contribution is -0.137. The molecular formula is C30H25F3N4O. The monoisotopic (exact) mass is 514 g/mol. The van der Waals surface area contributed by atoms with E-state index in [0.717, 1.165) is 25.2 Å². The largest absolute Gasteiger partial charge is 0.416 e. The molecule has 1 N–H and O–H groups in total. The predicted molar refractivity (Wildman–Crippen MR) is 141 cm³/mol. The molecule has 192 valence electrons. The normalized spacial score (nSPS) is 14.1. The fourth-order valence-electron chi connectivity index (χ4n) is 5.18. The first-order chi connectivity index (χ1) is 18.3. The molecule has 2 aromatic heterocycles. The number of aromatic amines is 1. The minimum atomic E-state index is -4.42. The highest BCUT2D eigenvalue weighted by Gasteiger charge is 2.30. The van der Waals surface area contributed by atoms with Gasteiger partial charge in [0.2, 0.25) is 0 Å². The predicted octanol–water partition coefficient (Wildman–Crippen LogP) is 6.02. The number of rotatable bonds is 5. The fourth-order valence-corrected chi connectivity index (χ4v) is 5.18. The van der Waals surface area contributed by atoms with Crippen molar-refractivity contribution < 1.29 is 13.2 Å². The third-order valence-electron chi connectivity index (χ3n) is 7.10. The average molecular weight is 515 g/mol. The van der Waals surface area contributed by atoms with Crippen molar-refractivity contribution in [2.45, 2.75) is 32.2 Å². The Bertz CT molecular complexity index is 1650. The van der Waals surface area contributed by atoms with Crippen LogP contribution in [0, 0.1) is 0 Å². The summed E-state index contributed by atoms with van der Waals surface area (Å²) in [4.78, 5) is 22.5. The highest BCUT2D eigenvalue weighted by molar-refractivity contribution is 5.84. The van der Waals surface area contributed by atoms with Crippen molar-refractivity contribution in [2.24, 2.45) is 0 Å². The van der Waals surface area contributed by atoms with Crippen LogP contribution in [0.5, 0.6) is 0 Å². The number of para-hydroxylation sites is 1. The second-order valence-electron chi connectivity index (χ2n) is 9.66. The van der Waals surface area contributed by atoms with Crippen LogP contribution < -0.4 is 5.56 Å². The molecule has 1 aliphatic rings. The van der Waals surface area contributed by atoms with E-state index in [1.165, 1.54) is 34.2 Å². The molecule has 0 saturated heterocycles. The summed E-state index contributed by atoms with van der Waals surface area (Å²) in [5, 5.41) is 1.19. The van der Waals surface area contributed by atoms with Gasteiger partial charge in [-0.2, -0.15) is 13.2 Å². The first-order valence-corrected chi connectivity index (χ1v) is 12.5. The molecule has 0 unspecified atom stereocenters. The van der Waals surface area contributed by atoms with E-state index < -0.39 is 11.7 Å². The van der Waals surface area contributed by atoms with Crippen molar-refractivity contribution in [3.63, 3.8) is 0 Å². The molecular weight excluding hydrogens is 489 g/mol. The second-order valence-corrected chi connectivity index (χ2v) is 9.66. The summed E-state index contributed by atoms with van der Waals surface area (Å²) in [7, 11) is 0. The summed E-state index contributed by atoms with van der Waals surface area (Å²) in [6.45, 7) is 2.68. The van der Waals surface area contributed by atoms with Crippen LogP contribution in [0.15, 0.2) is 89.9 Å². The summed E-state index contributed by atoms with van der Waals surface area (Å²) < 4.78 is 41.1. The molecule has 5 nitrogen and oxygen atoms in total. The molecule has 0 saturated carbocycles. The SMILES string of the molecule is O=c1[nH]c(-c2ccc(C(F)(F)F)cc2)nc2c1CCN(Cc1cn(Cc3ccccc3)c3ccccc13)C2. The number of alkyl halides is 3. The van der Waals surface area contributed by atoms with Crippen molar-refractivity contribution in [1.82, 2.24) is 19.4 Å². The molecule has 0 fully saturated rings. The van der Waals surface area contributed by atoms with Gasteiger partial charge in [-0.15, -0.1) is 0 Å². The molecule has 0 amide bonds. The van der Waals surface area contributed by atoms with E-state index in [4.69, 9.17) is 0 Å². The molecule has 0 bridgehead atoms. The van der Waals surface area contributed by atoms with Crippen LogP contribution in [0.25, 0.3) is 22.3 Å². The Morgan fingerprint density at radius 1 is 0.895 bits per heavy atom. The first-order valence-electron chi connectivity index (χ1n) is 12.5. The highest BCUT2D eigenvalue weighted by atomic mass is 19.4. The van der Waals surface area contributed by atoms with Gasteiger partial charge in [0.05, 0.1) is 11.3 Å². The smallest absolute Gasteiger partial charge is 0.343 e. The number of halogens is 3. The average Bonchev–Trinajstić information content (AvgIpc) is 3.25. The topological polar surface area (TPSA) is 53.9 Å². The standard InChI is InChI=1S/C30H25F3N4O/c31-30(32,33)23-12-10-21(11-13-23)28-34-26-19-36(15-14-25(26)29(38)35-28)17-22-18-37(16-20-6-2-1-3-7-20)27-9-5-4-8-24(22)27/h1-13,18H,14-17,19H2,(H,34,35,38).